The van der Waals surface area contributed by atoms with Crippen molar-refractivity contribution in [1.29, 1.82) is 0 Å². The van der Waals surface area contributed by atoms with Crippen LogP contribution in [0, 0.1) is 0 Å². The standard InChI is InChI=1S/C19H25N3O3/c1-14(18-4-3-11-25-18)20-15(2)19(23)21-16-5-7-17(8-6-16)22-9-12-24-13-10-22/h3-8,11,14-15,20H,9-10,12-13H2,1-2H3,(H,21,23)/t14-,15-/m0/s1. The Balaban J connectivity index is 1.53. The first kappa shape index (κ1) is 17.5. The van der Waals surface area contributed by atoms with Gasteiger partial charge >= 0.3 is 0 Å². The SMILES string of the molecule is C[C@H](N[C@@H](C)c1ccco1)C(=O)Nc1ccc(N2CCOCC2)cc1. The number of hydrogen-bond donors (Lipinski definition) is 2. The molecule has 1 fully saturated rings. The van der Waals surface area contributed by atoms with Gasteiger partial charge in [0.15, 0.2) is 0 Å². The Kier molecular flexibility index (Phi) is 5.73. The van der Waals surface area contributed by atoms with Crippen LogP contribution in [0.15, 0.2) is 47.1 Å². The highest BCUT2D eigenvalue weighted by molar-refractivity contribution is 5.94. The van der Waals surface area contributed by atoms with Gasteiger partial charge in [-0.1, -0.05) is 0 Å². The molecule has 1 aromatic heterocycles. The minimum Gasteiger partial charge on any atom is -0.468 e. The maximum atomic E-state index is 12.4. The van der Waals surface area contributed by atoms with E-state index in [0.717, 1.165) is 43.4 Å². The quantitative estimate of drug-likeness (QED) is 0.844. The summed E-state index contributed by atoms with van der Waals surface area (Å²) in [7, 11) is 0. The third-order valence-electron chi connectivity index (χ3n) is 4.37. The van der Waals surface area contributed by atoms with Gasteiger partial charge in [-0.3, -0.25) is 10.1 Å². The molecule has 2 atom stereocenters. The van der Waals surface area contributed by atoms with Crippen molar-refractivity contribution in [3.63, 3.8) is 0 Å². The zero-order valence-corrected chi connectivity index (χ0v) is 14.7. The predicted molar refractivity (Wildman–Crippen MR) is 97.8 cm³/mol. The van der Waals surface area contributed by atoms with E-state index in [1.807, 2.05) is 50.2 Å². The lowest BCUT2D eigenvalue weighted by molar-refractivity contribution is -0.118. The van der Waals surface area contributed by atoms with Crippen LogP contribution in [0.5, 0.6) is 0 Å². The lowest BCUT2D eigenvalue weighted by Gasteiger charge is -2.29. The average molecular weight is 343 g/mol. The first-order valence-corrected chi connectivity index (χ1v) is 8.66. The predicted octanol–water partition coefficient (Wildman–Crippen LogP) is 2.79. The van der Waals surface area contributed by atoms with Gasteiger partial charge in [0.2, 0.25) is 5.91 Å². The van der Waals surface area contributed by atoms with Crippen LogP contribution in [0.4, 0.5) is 11.4 Å². The minimum atomic E-state index is -0.334. The number of carbonyl (C=O) groups is 1. The molecule has 1 amide bonds. The van der Waals surface area contributed by atoms with Crippen LogP contribution in [0.2, 0.25) is 0 Å². The van der Waals surface area contributed by atoms with E-state index in [1.165, 1.54) is 0 Å². The molecule has 2 heterocycles. The molecule has 0 unspecified atom stereocenters. The van der Waals surface area contributed by atoms with Gasteiger partial charge in [-0.25, -0.2) is 0 Å². The molecule has 1 aromatic carbocycles. The largest absolute Gasteiger partial charge is 0.468 e. The first-order valence-electron chi connectivity index (χ1n) is 8.66. The summed E-state index contributed by atoms with van der Waals surface area (Å²) >= 11 is 0. The number of hydrogen-bond acceptors (Lipinski definition) is 5. The fourth-order valence-electron chi connectivity index (χ4n) is 2.90. The van der Waals surface area contributed by atoms with Crippen molar-refractivity contribution in [3.8, 4) is 0 Å². The van der Waals surface area contributed by atoms with Gasteiger partial charge in [0.05, 0.1) is 31.6 Å². The van der Waals surface area contributed by atoms with Gasteiger partial charge in [0, 0.05) is 24.5 Å². The molecule has 134 valence electrons. The van der Waals surface area contributed by atoms with Crippen molar-refractivity contribution in [2.45, 2.75) is 25.9 Å². The Hall–Kier alpha value is -2.31. The zero-order chi connectivity index (χ0) is 17.6. The lowest BCUT2D eigenvalue weighted by atomic mass is 10.2. The minimum absolute atomic E-state index is 0.0283. The Labute approximate surface area is 148 Å². The number of furan rings is 1. The number of benzene rings is 1. The lowest BCUT2D eigenvalue weighted by Crippen LogP contribution is -2.39. The molecular weight excluding hydrogens is 318 g/mol. The second kappa shape index (κ2) is 8.18. The normalized spacial score (nSPS) is 17.1. The number of rotatable bonds is 6. The molecule has 1 aliphatic heterocycles. The molecule has 0 aliphatic carbocycles. The summed E-state index contributed by atoms with van der Waals surface area (Å²) in [4.78, 5) is 14.7. The molecule has 0 radical (unpaired) electrons. The summed E-state index contributed by atoms with van der Waals surface area (Å²) in [5, 5.41) is 6.18. The average Bonchev–Trinajstić information content (AvgIpc) is 3.18. The van der Waals surface area contributed by atoms with Crippen molar-refractivity contribution >= 4 is 17.3 Å². The van der Waals surface area contributed by atoms with Crippen molar-refractivity contribution in [2.24, 2.45) is 0 Å². The Morgan fingerprint density at radius 1 is 1.12 bits per heavy atom. The van der Waals surface area contributed by atoms with Gasteiger partial charge in [-0.2, -0.15) is 0 Å². The van der Waals surface area contributed by atoms with E-state index in [1.54, 1.807) is 6.26 Å². The van der Waals surface area contributed by atoms with E-state index in [-0.39, 0.29) is 18.0 Å². The van der Waals surface area contributed by atoms with Crippen LogP contribution < -0.4 is 15.5 Å². The van der Waals surface area contributed by atoms with Crippen LogP contribution in [0.1, 0.15) is 25.6 Å². The van der Waals surface area contributed by atoms with E-state index in [2.05, 4.69) is 15.5 Å². The van der Waals surface area contributed by atoms with Gasteiger partial charge in [-0.15, -0.1) is 0 Å². The molecule has 0 saturated carbocycles. The van der Waals surface area contributed by atoms with Crippen LogP contribution in [-0.2, 0) is 9.53 Å². The summed E-state index contributed by atoms with van der Waals surface area (Å²) in [5.41, 5.74) is 1.94. The molecular formula is C19H25N3O3. The Morgan fingerprint density at radius 3 is 2.48 bits per heavy atom. The highest BCUT2D eigenvalue weighted by Crippen LogP contribution is 2.19. The zero-order valence-electron chi connectivity index (χ0n) is 14.7. The molecule has 25 heavy (non-hydrogen) atoms. The van der Waals surface area contributed by atoms with Crippen LogP contribution in [0.25, 0.3) is 0 Å². The van der Waals surface area contributed by atoms with E-state index >= 15 is 0 Å². The highest BCUT2D eigenvalue weighted by Gasteiger charge is 2.18. The molecule has 0 spiro atoms. The first-order chi connectivity index (χ1) is 12.1. The van der Waals surface area contributed by atoms with E-state index in [0.29, 0.717) is 0 Å². The molecule has 2 aromatic rings. The van der Waals surface area contributed by atoms with Crippen LogP contribution in [-0.4, -0.2) is 38.3 Å². The molecule has 6 nitrogen and oxygen atoms in total. The number of nitrogens with one attached hydrogen (secondary N) is 2. The third kappa shape index (κ3) is 4.61. The van der Waals surface area contributed by atoms with Gasteiger partial charge in [0.25, 0.3) is 0 Å². The monoisotopic (exact) mass is 343 g/mol. The molecule has 1 saturated heterocycles. The highest BCUT2D eigenvalue weighted by atomic mass is 16.5. The Morgan fingerprint density at radius 2 is 1.84 bits per heavy atom. The summed E-state index contributed by atoms with van der Waals surface area (Å²) < 4.78 is 10.7. The summed E-state index contributed by atoms with van der Waals surface area (Å²) in [6.45, 7) is 7.14. The van der Waals surface area contributed by atoms with E-state index in [4.69, 9.17) is 9.15 Å². The van der Waals surface area contributed by atoms with Crippen LogP contribution >= 0.6 is 0 Å². The third-order valence-corrected chi connectivity index (χ3v) is 4.37. The van der Waals surface area contributed by atoms with E-state index < -0.39 is 0 Å². The van der Waals surface area contributed by atoms with Crippen molar-refractivity contribution in [3.05, 3.63) is 48.4 Å². The summed E-state index contributed by atoms with van der Waals surface area (Å²) in [6.07, 6.45) is 1.63. The smallest absolute Gasteiger partial charge is 0.241 e. The number of ether oxygens (including phenoxy) is 1. The second-order valence-corrected chi connectivity index (χ2v) is 6.26. The molecule has 0 bridgehead atoms. The van der Waals surface area contributed by atoms with Crippen LogP contribution in [0.3, 0.4) is 0 Å². The maximum absolute atomic E-state index is 12.4. The van der Waals surface area contributed by atoms with E-state index in [9.17, 15) is 4.79 Å². The van der Waals surface area contributed by atoms with Gasteiger partial charge in [-0.05, 0) is 50.2 Å². The van der Waals surface area contributed by atoms with Crippen molar-refractivity contribution in [2.75, 3.05) is 36.5 Å². The van der Waals surface area contributed by atoms with Gasteiger partial charge in [0.1, 0.15) is 5.76 Å². The Bertz CT molecular complexity index is 664. The fourth-order valence-corrected chi connectivity index (χ4v) is 2.90. The number of amides is 1. The fraction of sp³-hybridized carbons (Fsp3) is 0.421. The van der Waals surface area contributed by atoms with Gasteiger partial charge < -0.3 is 19.4 Å². The molecule has 3 rings (SSSR count). The van der Waals surface area contributed by atoms with Crippen molar-refractivity contribution in [1.82, 2.24) is 5.32 Å². The number of anilines is 2. The number of morpholine rings is 1. The topological polar surface area (TPSA) is 66.7 Å². The summed E-state index contributed by atoms with van der Waals surface area (Å²) in [5.74, 6) is 0.743. The maximum Gasteiger partial charge on any atom is 0.241 e. The molecule has 1 aliphatic rings. The second-order valence-electron chi connectivity index (χ2n) is 6.26. The van der Waals surface area contributed by atoms with Crippen molar-refractivity contribution < 1.29 is 13.9 Å². The summed E-state index contributed by atoms with van der Waals surface area (Å²) in [6, 6.07) is 11.3. The molecule has 2 N–H and O–H groups in total. The number of nitrogens with zero attached hydrogens (tertiary/aromatic N) is 1. The molecule has 6 heteroatoms. The number of carbonyl (C=O) groups excluding carboxylic acids is 1.